The molecule has 0 saturated heterocycles. The molecule has 2 nitrogen and oxygen atoms in total. The van der Waals surface area contributed by atoms with Gasteiger partial charge in [-0.1, -0.05) is 38.5 Å². The second-order valence-electron chi connectivity index (χ2n) is 6.13. The molecule has 2 heteroatoms. The van der Waals surface area contributed by atoms with Gasteiger partial charge < -0.3 is 4.42 Å². The second-order valence-corrected chi connectivity index (χ2v) is 6.13. The minimum Gasteiger partial charge on any atom is -0.441 e. The lowest BCUT2D eigenvalue weighted by molar-refractivity contribution is 0.403. The van der Waals surface area contributed by atoms with Crippen LogP contribution in [0.1, 0.15) is 37.8 Å². The third kappa shape index (κ3) is 3.00. The molecular weight excluding hydrogens is 222 g/mol. The van der Waals surface area contributed by atoms with E-state index in [1.807, 2.05) is 19.1 Å². The molecule has 96 valence electrons. The Labute approximate surface area is 109 Å². The molecule has 0 bridgehead atoms. The summed E-state index contributed by atoms with van der Waals surface area (Å²) < 4.78 is 5.79. The van der Waals surface area contributed by atoms with Crippen LogP contribution in [0.5, 0.6) is 0 Å². The van der Waals surface area contributed by atoms with Crippen LogP contribution in [0.15, 0.2) is 28.7 Å². The second kappa shape index (κ2) is 4.60. The lowest BCUT2D eigenvalue weighted by Gasteiger charge is -2.15. The summed E-state index contributed by atoms with van der Waals surface area (Å²) in [7, 11) is 0. The average Bonchev–Trinajstić information content (AvgIpc) is 2.58. The highest BCUT2D eigenvalue weighted by molar-refractivity contribution is 5.54. The minimum atomic E-state index is 0.228. The molecule has 1 heterocycles. The van der Waals surface area contributed by atoms with E-state index in [1.165, 1.54) is 5.56 Å². The van der Waals surface area contributed by atoms with E-state index in [0.29, 0.717) is 0 Å². The normalized spacial score (nSPS) is 11.8. The molecule has 0 atom stereocenters. The third-order valence-corrected chi connectivity index (χ3v) is 2.86. The van der Waals surface area contributed by atoms with Gasteiger partial charge >= 0.3 is 0 Å². The zero-order chi connectivity index (χ0) is 13.3. The summed E-state index contributed by atoms with van der Waals surface area (Å²) in [6.07, 6.45) is 0.939. The van der Waals surface area contributed by atoms with Crippen molar-refractivity contribution in [2.24, 2.45) is 5.41 Å². The van der Waals surface area contributed by atoms with Gasteiger partial charge in [-0.3, -0.25) is 0 Å². The molecule has 2 rings (SSSR count). The third-order valence-electron chi connectivity index (χ3n) is 2.86. The number of hydrogen-bond acceptors (Lipinski definition) is 2. The topological polar surface area (TPSA) is 26.0 Å². The fraction of sp³-hybridized carbons (Fsp3) is 0.438. The van der Waals surface area contributed by atoms with E-state index in [1.54, 1.807) is 0 Å². The monoisotopic (exact) mass is 243 g/mol. The fourth-order valence-corrected chi connectivity index (χ4v) is 2.00. The summed E-state index contributed by atoms with van der Waals surface area (Å²) >= 11 is 0. The largest absolute Gasteiger partial charge is 0.441 e. The van der Waals surface area contributed by atoms with Gasteiger partial charge in [0.15, 0.2) is 0 Å². The van der Waals surface area contributed by atoms with E-state index < -0.39 is 0 Å². The molecular formula is C16H21NO. The van der Waals surface area contributed by atoms with Crippen LogP contribution < -0.4 is 0 Å². The number of rotatable bonds is 2. The predicted molar refractivity (Wildman–Crippen MR) is 74.6 cm³/mol. The highest BCUT2D eigenvalue weighted by Gasteiger charge is 2.18. The molecule has 2 aromatic rings. The van der Waals surface area contributed by atoms with Crippen LogP contribution in [0.3, 0.4) is 0 Å². The maximum absolute atomic E-state index is 5.79. The Morgan fingerprint density at radius 3 is 2.50 bits per heavy atom. The van der Waals surface area contributed by atoms with Crippen LogP contribution in [0.2, 0.25) is 0 Å². The quantitative estimate of drug-likeness (QED) is 0.773. The van der Waals surface area contributed by atoms with Crippen LogP contribution in [-0.2, 0) is 6.42 Å². The van der Waals surface area contributed by atoms with E-state index in [0.717, 1.165) is 29.3 Å². The van der Waals surface area contributed by atoms with Crippen LogP contribution >= 0.6 is 0 Å². The van der Waals surface area contributed by atoms with Gasteiger partial charge in [-0.05, 0) is 37.8 Å². The van der Waals surface area contributed by atoms with Crippen molar-refractivity contribution in [2.75, 3.05) is 0 Å². The summed E-state index contributed by atoms with van der Waals surface area (Å²) in [5.41, 5.74) is 3.57. The van der Waals surface area contributed by atoms with Crippen LogP contribution in [0.25, 0.3) is 11.5 Å². The number of aryl methyl sites for hydroxylation is 2. The van der Waals surface area contributed by atoms with Gasteiger partial charge in [0.2, 0.25) is 5.89 Å². The van der Waals surface area contributed by atoms with Gasteiger partial charge in [-0.15, -0.1) is 0 Å². The molecule has 0 saturated carbocycles. The zero-order valence-electron chi connectivity index (χ0n) is 11.9. The summed E-state index contributed by atoms with van der Waals surface area (Å²) in [6, 6.07) is 8.26. The zero-order valence-corrected chi connectivity index (χ0v) is 11.9. The molecule has 0 fully saturated rings. The summed E-state index contributed by atoms with van der Waals surface area (Å²) in [5.74, 6) is 1.66. The molecule has 0 spiro atoms. The molecule has 0 aliphatic carbocycles. The molecule has 0 radical (unpaired) electrons. The Kier molecular flexibility index (Phi) is 3.29. The Morgan fingerprint density at radius 2 is 1.89 bits per heavy atom. The lowest BCUT2D eigenvalue weighted by atomic mass is 9.90. The highest BCUT2D eigenvalue weighted by atomic mass is 16.4. The Bertz CT molecular complexity index is 546. The molecule has 0 unspecified atom stereocenters. The van der Waals surface area contributed by atoms with E-state index in [-0.39, 0.29) is 5.41 Å². The Hall–Kier alpha value is -1.57. The Balaban J connectivity index is 2.34. The molecule has 0 aliphatic rings. The van der Waals surface area contributed by atoms with Gasteiger partial charge in [-0.2, -0.15) is 0 Å². The first-order valence-electron chi connectivity index (χ1n) is 6.38. The van der Waals surface area contributed by atoms with E-state index in [2.05, 4.69) is 44.8 Å². The van der Waals surface area contributed by atoms with E-state index in [9.17, 15) is 0 Å². The van der Waals surface area contributed by atoms with Gasteiger partial charge in [0, 0.05) is 5.56 Å². The van der Waals surface area contributed by atoms with Gasteiger partial charge in [-0.25, -0.2) is 4.98 Å². The smallest absolute Gasteiger partial charge is 0.226 e. The van der Waals surface area contributed by atoms with Crippen molar-refractivity contribution >= 4 is 0 Å². The number of aromatic nitrogens is 1. The number of hydrogen-bond donors (Lipinski definition) is 0. The van der Waals surface area contributed by atoms with Crippen molar-refractivity contribution < 1.29 is 4.42 Å². The van der Waals surface area contributed by atoms with E-state index in [4.69, 9.17) is 4.42 Å². The molecule has 0 N–H and O–H groups in total. The predicted octanol–water partition coefficient (Wildman–Crippen LogP) is 4.55. The first-order valence-corrected chi connectivity index (χ1v) is 6.38. The highest BCUT2D eigenvalue weighted by Crippen LogP contribution is 2.27. The SMILES string of the molecule is Cc1cccc(-c2nc(CC(C)(C)C)c(C)o2)c1. The van der Waals surface area contributed by atoms with Crippen molar-refractivity contribution in [1.82, 2.24) is 4.98 Å². The number of nitrogens with zero attached hydrogens (tertiary/aromatic N) is 1. The fourth-order valence-electron chi connectivity index (χ4n) is 2.00. The minimum absolute atomic E-state index is 0.228. The molecule has 18 heavy (non-hydrogen) atoms. The van der Waals surface area contributed by atoms with Gasteiger partial charge in [0.1, 0.15) is 5.76 Å². The first-order chi connectivity index (χ1) is 8.35. The van der Waals surface area contributed by atoms with E-state index >= 15 is 0 Å². The molecule has 1 aromatic carbocycles. The number of benzene rings is 1. The van der Waals surface area contributed by atoms with Crippen LogP contribution in [-0.4, -0.2) is 4.98 Å². The van der Waals surface area contributed by atoms with Crippen molar-refractivity contribution in [1.29, 1.82) is 0 Å². The maximum Gasteiger partial charge on any atom is 0.226 e. The van der Waals surface area contributed by atoms with Crippen molar-refractivity contribution in [3.63, 3.8) is 0 Å². The van der Waals surface area contributed by atoms with Crippen LogP contribution in [0, 0.1) is 19.3 Å². The Morgan fingerprint density at radius 1 is 1.17 bits per heavy atom. The molecule has 1 aromatic heterocycles. The van der Waals surface area contributed by atoms with Gasteiger partial charge in [0.25, 0.3) is 0 Å². The van der Waals surface area contributed by atoms with Crippen molar-refractivity contribution in [3.8, 4) is 11.5 Å². The van der Waals surface area contributed by atoms with Crippen molar-refractivity contribution in [2.45, 2.75) is 41.0 Å². The molecule has 0 amide bonds. The summed E-state index contributed by atoms with van der Waals surface area (Å²) in [4.78, 5) is 4.64. The van der Waals surface area contributed by atoms with Crippen molar-refractivity contribution in [3.05, 3.63) is 41.3 Å². The lowest BCUT2D eigenvalue weighted by Crippen LogP contribution is -2.10. The summed E-state index contributed by atoms with van der Waals surface area (Å²) in [5, 5.41) is 0. The van der Waals surface area contributed by atoms with Crippen LogP contribution in [0.4, 0.5) is 0 Å². The maximum atomic E-state index is 5.79. The standard InChI is InChI=1S/C16H21NO/c1-11-7-6-8-13(9-11)15-17-14(12(2)18-15)10-16(3,4)5/h6-9H,10H2,1-5H3. The van der Waals surface area contributed by atoms with Gasteiger partial charge in [0.05, 0.1) is 5.69 Å². The first kappa shape index (κ1) is 12.9. The number of oxazole rings is 1. The summed E-state index contributed by atoms with van der Waals surface area (Å²) in [6.45, 7) is 10.7. The average molecular weight is 243 g/mol. The molecule has 0 aliphatic heterocycles.